The molecule has 0 aromatic heterocycles. The molecule has 0 spiro atoms. The number of carbonyl (C=O) groups is 2. The fourth-order valence-corrected chi connectivity index (χ4v) is 8.57. The molecular weight excluding hydrogens is 620 g/mol. The molecule has 2 amide bonds. The Kier molecular flexibility index (Phi) is 27.0. The predicted molar refractivity (Wildman–Crippen MR) is 214 cm³/mol. The third-order valence-corrected chi connectivity index (χ3v) is 11.2. The van der Waals surface area contributed by atoms with E-state index >= 15 is 0 Å². The second-order valence-corrected chi connectivity index (χ2v) is 17.5. The van der Waals surface area contributed by atoms with E-state index in [1.165, 1.54) is 128 Å². The van der Waals surface area contributed by atoms with Gasteiger partial charge in [0, 0.05) is 12.6 Å². The van der Waals surface area contributed by atoms with Crippen LogP contribution in [0.2, 0.25) is 0 Å². The number of hydrogen-bond donors (Lipinski definition) is 2. The third-order valence-electron chi connectivity index (χ3n) is 11.2. The average Bonchev–Trinajstić information content (AvgIpc) is 3.06. The van der Waals surface area contributed by atoms with Gasteiger partial charge < -0.3 is 20.1 Å². The Labute approximate surface area is 311 Å². The van der Waals surface area contributed by atoms with Crippen molar-refractivity contribution in [2.75, 3.05) is 19.8 Å². The number of alkyl carbamates (subject to hydrolysis) is 2. The van der Waals surface area contributed by atoms with Gasteiger partial charge in [-0.25, -0.2) is 9.59 Å². The molecule has 0 aromatic carbocycles. The lowest BCUT2D eigenvalue weighted by Gasteiger charge is -2.46. The average molecular weight is 707 g/mol. The molecule has 1 rings (SSSR count). The van der Waals surface area contributed by atoms with E-state index in [2.05, 4.69) is 59.1 Å². The van der Waals surface area contributed by atoms with Crippen LogP contribution >= 0.6 is 0 Å². The van der Waals surface area contributed by atoms with E-state index in [4.69, 9.17) is 9.47 Å². The van der Waals surface area contributed by atoms with Gasteiger partial charge in [-0.15, -0.1) is 0 Å². The number of rotatable bonds is 31. The summed E-state index contributed by atoms with van der Waals surface area (Å²) in [5.74, 6) is 0.906. The molecule has 1 aliphatic carbocycles. The van der Waals surface area contributed by atoms with E-state index < -0.39 is 0 Å². The van der Waals surface area contributed by atoms with E-state index in [1.54, 1.807) is 0 Å². The summed E-state index contributed by atoms with van der Waals surface area (Å²) >= 11 is 0. The monoisotopic (exact) mass is 707 g/mol. The fraction of sp³-hybridized carbons (Fsp3) is 0.955. The molecule has 6 nitrogen and oxygen atoms in total. The Hall–Kier alpha value is -1.46. The molecule has 0 bridgehead atoms. The lowest BCUT2D eigenvalue weighted by Crippen LogP contribution is -2.50. The normalized spacial score (nSPS) is 19.9. The van der Waals surface area contributed by atoms with Crippen LogP contribution in [0.4, 0.5) is 9.59 Å². The first kappa shape index (κ1) is 46.6. The molecule has 1 fully saturated rings. The SMILES string of the molecule is CCCCCCCCC(CCCCCC)COC(=O)NCC1(C)CC(NC(=O)OCC(CCCCCC)CCCCCCCC)CC(C)(C)C1. The largest absolute Gasteiger partial charge is 0.449 e. The highest BCUT2D eigenvalue weighted by Gasteiger charge is 2.42. The molecule has 0 aromatic rings. The Bertz CT molecular complexity index is 833. The van der Waals surface area contributed by atoms with Crippen LogP contribution in [0, 0.1) is 22.7 Å². The van der Waals surface area contributed by atoms with Crippen LogP contribution < -0.4 is 10.6 Å². The molecule has 2 N–H and O–H groups in total. The second kappa shape index (κ2) is 29.0. The summed E-state index contributed by atoms with van der Waals surface area (Å²) in [7, 11) is 0. The van der Waals surface area contributed by atoms with Crippen LogP contribution in [0.15, 0.2) is 0 Å². The maximum Gasteiger partial charge on any atom is 0.407 e. The minimum Gasteiger partial charge on any atom is -0.449 e. The van der Waals surface area contributed by atoms with E-state index in [9.17, 15) is 9.59 Å². The number of carbonyl (C=O) groups excluding carboxylic acids is 2. The first-order valence-electron chi connectivity index (χ1n) is 21.9. The van der Waals surface area contributed by atoms with Gasteiger partial charge in [0.25, 0.3) is 0 Å². The molecule has 0 saturated heterocycles. The van der Waals surface area contributed by atoms with Gasteiger partial charge in [-0.2, -0.15) is 0 Å². The van der Waals surface area contributed by atoms with Crippen molar-refractivity contribution in [2.24, 2.45) is 22.7 Å². The van der Waals surface area contributed by atoms with Crippen molar-refractivity contribution in [3.05, 3.63) is 0 Å². The lowest BCUT2D eigenvalue weighted by molar-refractivity contribution is 0.0582. The van der Waals surface area contributed by atoms with E-state index in [0.717, 1.165) is 44.9 Å². The van der Waals surface area contributed by atoms with Crippen molar-refractivity contribution < 1.29 is 19.1 Å². The van der Waals surface area contributed by atoms with Gasteiger partial charge in [0.05, 0.1) is 13.2 Å². The molecular formula is C44H86N2O4. The van der Waals surface area contributed by atoms with Gasteiger partial charge >= 0.3 is 12.2 Å². The zero-order valence-corrected chi connectivity index (χ0v) is 34.6. The summed E-state index contributed by atoms with van der Waals surface area (Å²) < 4.78 is 11.7. The van der Waals surface area contributed by atoms with Crippen LogP contribution in [0.1, 0.15) is 222 Å². The molecule has 296 valence electrons. The molecule has 1 aliphatic rings. The van der Waals surface area contributed by atoms with Crippen LogP contribution in [0.5, 0.6) is 0 Å². The quantitative estimate of drug-likeness (QED) is 0.0704. The maximum absolute atomic E-state index is 13.1. The topological polar surface area (TPSA) is 76.7 Å². The molecule has 1 saturated carbocycles. The van der Waals surface area contributed by atoms with Gasteiger partial charge in [-0.05, 0) is 67.6 Å². The summed E-state index contributed by atoms with van der Waals surface area (Å²) in [4.78, 5) is 26.1. The van der Waals surface area contributed by atoms with Crippen molar-refractivity contribution in [3.8, 4) is 0 Å². The fourth-order valence-electron chi connectivity index (χ4n) is 8.57. The van der Waals surface area contributed by atoms with E-state index in [1.807, 2.05) is 0 Å². The second-order valence-electron chi connectivity index (χ2n) is 17.5. The smallest absolute Gasteiger partial charge is 0.407 e. The standard InChI is InChI=1S/C44H86N2O4/c1-8-12-16-20-22-26-30-38(28-24-18-14-10-3)34-49-41(47)45-37-44(7)33-40(32-43(5,6)36-44)46-42(48)50-35-39(29-25-19-15-11-4)31-27-23-21-17-13-9-2/h38-40H,8-37H2,1-7H3,(H,45,47)(H,46,48). The predicted octanol–water partition coefficient (Wildman–Crippen LogP) is 13.7. The van der Waals surface area contributed by atoms with Crippen molar-refractivity contribution in [1.82, 2.24) is 10.6 Å². The van der Waals surface area contributed by atoms with Crippen LogP contribution in [0.3, 0.4) is 0 Å². The van der Waals surface area contributed by atoms with Gasteiger partial charge in [0.1, 0.15) is 0 Å². The Morgan fingerprint density at radius 3 is 1.38 bits per heavy atom. The highest BCUT2D eigenvalue weighted by Crippen LogP contribution is 2.45. The van der Waals surface area contributed by atoms with Crippen molar-refractivity contribution >= 4 is 12.2 Å². The van der Waals surface area contributed by atoms with Crippen LogP contribution in [-0.4, -0.2) is 38.0 Å². The summed E-state index contributed by atoms with van der Waals surface area (Å²) in [5, 5.41) is 6.36. The number of ether oxygens (including phenoxy) is 2. The zero-order chi connectivity index (χ0) is 36.9. The summed E-state index contributed by atoms with van der Waals surface area (Å²) in [5.41, 5.74) is -0.0762. The molecule has 4 atom stereocenters. The highest BCUT2D eigenvalue weighted by molar-refractivity contribution is 5.68. The molecule has 6 heteroatoms. The molecule has 50 heavy (non-hydrogen) atoms. The van der Waals surface area contributed by atoms with Crippen molar-refractivity contribution in [2.45, 2.75) is 228 Å². The minimum atomic E-state index is -0.296. The number of amides is 2. The highest BCUT2D eigenvalue weighted by atomic mass is 16.6. The maximum atomic E-state index is 13.1. The first-order chi connectivity index (χ1) is 24.1. The Morgan fingerprint density at radius 2 is 0.940 bits per heavy atom. The first-order valence-corrected chi connectivity index (χ1v) is 21.9. The summed E-state index contributed by atoms with van der Waals surface area (Å²) in [6.45, 7) is 17.4. The van der Waals surface area contributed by atoms with Crippen molar-refractivity contribution in [1.29, 1.82) is 0 Å². The number of hydrogen-bond acceptors (Lipinski definition) is 4. The Morgan fingerprint density at radius 1 is 0.560 bits per heavy atom. The summed E-state index contributed by atoms with van der Waals surface area (Å²) in [6, 6.07) is 0.0282. The van der Waals surface area contributed by atoms with Crippen molar-refractivity contribution in [3.63, 3.8) is 0 Å². The van der Waals surface area contributed by atoms with E-state index in [-0.39, 0.29) is 29.1 Å². The van der Waals surface area contributed by atoms with E-state index in [0.29, 0.717) is 31.6 Å². The van der Waals surface area contributed by atoms with Gasteiger partial charge in [-0.3, -0.25) is 0 Å². The number of nitrogens with one attached hydrogen (secondary N) is 2. The minimum absolute atomic E-state index is 0.0282. The van der Waals surface area contributed by atoms with Gasteiger partial charge in [0.15, 0.2) is 0 Å². The lowest BCUT2D eigenvalue weighted by atomic mass is 9.62. The molecule has 0 heterocycles. The zero-order valence-electron chi connectivity index (χ0n) is 34.6. The molecule has 4 unspecified atom stereocenters. The summed E-state index contributed by atoms with van der Waals surface area (Å²) in [6.07, 6.45) is 32.4. The Balaban J connectivity index is 2.59. The number of unbranched alkanes of at least 4 members (excludes halogenated alkanes) is 16. The van der Waals surface area contributed by atoms with Crippen LogP contribution in [0.25, 0.3) is 0 Å². The molecule has 0 radical (unpaired) electrons. The third kappa shape index (κ3) is 24.7. The van der Waals surface area contributed by atoms with Crippen LogP contribution in [-0.2, 0) is 9.47 Å². The van der Waals surface area contributed by atoms with Gasteiger partial charge in [0.2, 0.25) is 0 Å². The van der Waals surface area contributed by atoms with Gasteiger partial charge in [-0.1, -0.05) is 177 Å². The molecule has 0 aliphatic heterocycles.